The van der Waals surface area contributed by atoms with Crippen LogP contribution in [0.2, 0.25) is 5.02 Å². The summed E-state index contributed by atoms with van der Waals surface area (Å²) in [6, 6.07) is 1.78. The fourth-order valence-corrected chi connectivity index (χ4v) is 3.03. The molecule has 4 heteroatoms. The van der Waals surface area contributed by atoms with Crippen molar-refractivity contribution < 1.29 is 0 Å². The van der Waals surface area contributed by atoms with Crippen molar-refractivity contribution in [3.63, 3.8) is 0 Å². The van der Waals surface area contributed by atoms with Crippen molar-refractivity contribution in [1.29, 1.82) is 0 Å². The molecule has 0 atom stereocenters. The second-order valence-electron chi connectivity index (χ2n) is 5.26. The maximum absolute atomic E-state index is 6.00. The van der Waals surface area contributed by atoms with E-state index < -0.39 is 0 Å². The highest BCUT2D eigenvalue weighted by atomic mass is 35.5. The van der Waals surface area contributed by atoms with Gasteiger partial charge in [0.05, 0.1) is 10.7 Å². The summed E-state index contributed by atoms with van der Waals surface area (Å²) in [5.74, 6) is 0.889. The van der Waals surface area contributed by atoms with Gasteiger partial charge in [-0.1, -0.05) is 38.3 Å². The van der Waals surface area contributed by atoms with Crippen LogP contribution in [0.25, 0.3) is 0 Å². The monoisotopic (exact) mass is 267 g/mol. The van der Waals surface area contributed by atoms with E-state index in [0.717, 1.165) is 18.9 Å². The average Bonchev–Trinajstić information content (AvgIpc) is 2.39. The Morgan fingerprint density at radius 3 is 2.44 bits per heavy atom. The van der Waals surface area contributed by atoms with E-state index in [2.05, 4.69) is 23.7 Å². The first-order chi connectivity index (χ1) is 8.60. The van der Waals surface area contributed by atoms with Gasteiger partial charge in [0.25, 0.3) is 0 Å². The number of nitrogens with zero attached hydrogens (tertiary/aromatic N) is 2. The standard InChI is InChI=1S/C14H22ClN3/c1-3-14(4-2)5-7-18(8-6-14)13-12(16)9-11(15)10-17-13/h9-10H,3-8,16H2,1-2H3. The summed E-state index contributed by atoms with van der Waals surface area (Å²) < 4.78 is 0. The van der Waals surface area contributed by atoms with Gasteiger partial charge in [-0.2, -0.15) is 0 Å². The second-order valence-corrected chi connectivity index (χ2v) is 5.70. The molecular weight excluding hydrogens is 246 g/mol. The molecule has 18 heavy (non-hydrogen) atoms. The number of anilines is 2. The molecule has 0 spiro atoms. The van der Waals surface area contributed by atoms with Crippen molar-refractivity contribution >= 4 is 23.1 Å². The third kappa shape index (κ3) is 2.56. The number of pyridine rings is 1. The van der Waals surface area contributed by atoms with Gasteiger partial charge in [-0.3, -0.25) is 0 Å². The molecule has 0 radical (unpaired) electrons. The first-order valence-electron chi connectivity index (χ1n) is 6.76. The minimum Gasteiger partial charge on any atom is -0.396 e. The van der Waals surface area contributed by atoms with Crippen molar-refractivity contribution in [2.24, 2.45) is 5.41 Å². The van der Waals surface area contributed by atoms with E-state index in [1.165, 1.54) is 25.7 Å². The molecular formula is C14H22ClN3. The molecule has 100 valence electrons. The van der Waals surface area contributed by atoms with Gasteiger partial charge in [-0.15, -0.1) is 0 Å². The SMILES string of the molecule is CCC1(CC)CCN(c2ncc(Cl)cc2N)CC1. The molecule has 1 aromatic rings. The number of rotatable bonds is 3. The molecule has 1 aliphatic rings. The number of nitrogen functional groups attached to an aromatic ring is 1. The summed E-state index contributed by atoms with van der Waals surface area (Å²) in [6.07, 6.45) is 6.66. The predicted octanol–water partition coefficient (Wildman–Crippen LogP) is 3.72. The molecule has 0 aromatic carbocycles. The molecule has 2 rings (SSSR count). The Kier molecular flexibility index (Phi) is 4.00. The molecule has 1 aromatic heterocycles. The summed E-state index contributed by atoms with van der Waals surface area (Å²) in [5, 5.41) is 0.602. The Bertz CT molecular complexity index is 406. The minimum atomic E-state index is 0.525. The maximum atomic E-state index is 6.00. The van der Waals surface area contributed by atoms with E-state index in [9.17, 15) is 0 Å². The largest absolute Gasteiger partial charge is 0.396 e. The number of nitrogens with two attached hydrogens (primary N) is 1. The van der Waals surface area contributed by atoms with Gasteiger partial charge in [-0.05, 0) is 24.3 Å². The summed E-state index contributed by atoms with van der Waals surface area (Å²) in [7, 11) is 0. The van der Waals surface area contributed by atoms with Crippen LogP contribution in [0.1, 0.15) is 39.5 Å². The molecule has 2 heterocycles. The Balaban J connectivity index is 2.10. The maximum Gasteiger partial charge on any atom is 0.151 e. The molecule has 0 bridgehead atoms. The van der Waals surface area contributed by atoms with E-state index in [0.29, 0.717) is 16.1 Å². The first-order valence-corrected chi connectivity index (χ1v) is 7.14. The molecule has 0 amide bonds. The van der Waals surface area contributed by atoms with Crippen molar-refractivity contribution in [1.82, 2.24) is 4.98 Å². The van der Waals surface area contributed by atoms with Crippen LogP contribution in [0, 0.1) is 5.41 Å². The zero-order chi connectivity index (χ0) is 13.2. The van der Waals surface area contributed by atoms with E-state index in [1.54, 1.807) is 12.3 Å². The summed E-state index contributed by atoms with van der Waals surface area (Å²) in [4.78, 5) is 6.66. The van der Waals surface area contributed by atoms with E-state index in [1.807, 2.05) is 0 Å². The van der Waals surface area contributed by atoms with Crippen molar-refractivity contribution in [2.45, 2.75) is 39.5 Å². The van der Waals surface area contributed by atoms with Crippen LogP contribution in [-0.4, -0.2) is 18.1 Å². The van der Waals surface area contributed by atoms with Crippen LogP contribution in [0.15, 0.2) is 12.3 Å². The van der Waals surface area contributed by atoms with E-state index >= 15 is 0 Å². The van der Waals surface area contributed by atoms with Gasteiger partial charge in [0, 0.05) is 19.3 Å². The van der Waals surface area contributed by atoms with Gasteiger partial charge < -0.3 is 10.6 Å². The smallest absolute Gasteiger partial charge is 0.151 e. The number of aromatic nitrogens is 1. The predicted molar refractivity (Wildman–Crippen MR) is 78.1 cm³/mol. The van der Waals surface area contributed by atoms with E-state index in [4.69, 9.17) is 17.3 Å². The molecule has 0 aliphatic carbocycles. The van der Waals surface area contributed by atoms with Crippen LogP contribution in [-0.2, 0) is 0 Å². The van der Waals surface area contributed by atoms with Crippen LogP contribution >= 0.6 is 11.6 Å². The fourth-order valence-electron chi connectivity index (χ4n) is 2.86. The average molecular weight is 268 g/mol. The topological polar surface area (TPSA) is 42.2 Å². The quantitative estimate of drug-likeness (QED) is 0.908. The van der Waals surface area contributed by atoms with Gasteiger partial charge in [0.15, 0.2) is 5.82 Å². The van der Waals surface area contributed by atoms with Crippen LogP contribution in [0.5, 0.6) is 0 Å². The number of hydrogen-bond donors (Lipinski definition) is 1. The first kappa shape index (κ1) is 13.5. The Labute approximate surface area is 114 Å². The lowest BCUT2D eigenvalue weighted by molar-refractivity contribution is 0.199. The van der Waals surface area contributed by atoms with Gasteiger partial charge in [0.1, 0.15) is 0 Å². The normalized spacial score (nSPS) is 18.9. The van der Waals surface area contributed by atoms with Crippen LogP contribution in [0.4, 0.5) is 11.5 Å². The van der Waals surface area contributed by atoms with Crippen LogP contribution in [0.3, 0.4) is 0 Å². The van der Waals surface area contributed by atoms with Crippen LogP contribution < -0.4 is 10.6 Å². The highest BCUT2D eigenvalue weighted by Crippen LogP contribution is 2.39. The van der Waals surface area contributed by atoms with Gasteiger partial charge >= 0.3 is 0 Å². The second kappa shape index (κ2) is 5.35. The molecule has 1 fully saturated rings. The molecule has 1 saturated heterocycles. The Hall–Kier alpha value is -0.960. The van der Waals surface area contributed by atoms with Gasteiger partial charge in [-0.25, -0.2) is 4.98 Å². The Morgan fingerprint density at radius 1 is 1.33 bits per heavy atom. The fraction of sp³-hybridized carbons (Fsp3) is 0.643. The molecule has 2 N–H and O–H groups in total. The van der Waals surface area contributed by atoms with Crippen molar-refractivity contribution in [3.05, 3.63) is 17.3 Å². The summed E-state index contributed by atoms with van der Waals surface area (Å²) in [5.41, 5.74) is 7.21. The highest BCUT2D eigenvalue weighted by Gasteiger charge is 2.32. The lowest BCUT2D eigenvalue weighted by Crippen LogP contribution is -2.40. The number of halogens is 1. The van der Waals surface area contributed by atoms with Gasteiger partial charge in [0.2, 0.25) is 0 Å². The van der Waals surface area contributed by atoms with E-state index in [-0.39, 0.29) is 0 Å². The molecule has 0 unspecified atom stereocenters. The minimum absolute atomic E-state index is 0.525. The lowest BCUT2D eigenvalue weighted by atomic mass is 9.74. The zero-order valence-electron chi connectivity index (χ0n) is 11.2. The summed E-state index contributed by atoms with van der Waals surface area (Å²) >= 11 is 5.89. The van der Waals surface area contributed by atoms with Crippen molar-refractivity contribution in [2.75, 3.05) is 23.7 Å². The molecule has 0 saturated carbocycles. The third-order valence-corrected chi connectivity index (χ3v) is 4.69. The molecule has 1 aliphatic heterocycles. The van der Waals surface area contributed by atoms with Crippen molar-refractivity contribution in [3.8, 4) is 0 Å². The molecule has 3 nitrogen and oxygen atoms in total. The number of hydrogen-bond acceptors (Lipinski definition) is 3. The Morgan fingerprint density at radius 2 is 1.94 bits per heavy atom. The zero-order valence-corrected chi connectivity index (χ0v) is 12.0. The highest BCUT2D eigenvalue weighted by molar-refractivity contribution is 6.30. The lowest BCUT2D eigenvalue weighted by Gasteiger charge is -2.41. The third-order valence-electron chi connectivity index (χ3n) is 4.49. The summed E-state index contributed by atoms with van der Waals surface area (Å²) in [6.45, 7) is 6.68. The number of piperidine rings is 1.